The van der Waals surface area contributed by atoms with Crippen molar-refractivity contribution in [3.63, 3.8) is 0 Å². The minimum absolute atomic E-state index is 0.211. The van der Waals surface area contributed by atoms with E-state index in [1.165, 1.54) is 6.07 Å². The van der Waals surface area contributed by atoms with Gasteiger partial charge in [-0.15, -0.1) is 0 Å². The molecule has 0 aromatic heterocycles. The molecule has 2 unspecified atom stereocenters. The lowest BCUT2D eigenvalue weighted by molar-refractivity contribution is 0.167. The zero-order valence-electron chi connectivity index (χ0n) is 7.59. The maximum atomic E-state index is 13.3. The van der Waals surface area contributed by atoms with Crippen LogP contribution < -0.4 is 0 Å². The summed E-state index contributed by atoms with van der Waals surface area (Å²) in [5, 5.41) is 9.64. The molecule has 13 heavy (non-hydrogen) atoms. The molecule has 1 N–H and O–H groups in total. The van der Waals surface area contributed by atoms with Crippen molar-refractivity contribution in [3.8, 4) is 0 Å². The Kier molecular flexibility index (Phi) is 3.28. The van der Waals surface area contributed by atoms with Crippen LogP contribution in [0.3, 0.4) is 0 Å². The van der Waals surface area contributed by atoms with Gasteiger partial charge in [-0.25, -0.2) is 4.39 Å². The lowest BCUT2D eigenvalue weighted by Gasteiger charge is -2.15. The molecule has 2 atom stereocenters. The SMILES string of the molecule is CC(O)C(C)c1ccc(Cl)cc1F. The van der Waals surface area contributed by atoms with Crippen LogP contribution in [0.4, 0.5) is 4.39 Å². The molecule has 3 heteroatoms. The second-order valence-corrected chi connectivity index (χ2v) is 3.63. The van der Waals surface area contributed by atoms with E-state index < -0.39 is 6.10 Å². The Morgan fingerprint density at radius 1 is 1.38 bits per heavy atom. The number of rotatable bonds is 2. The van der Waals surface area contributed by atoms with E-state index in [4.69, 9.17) is 11.6 Å². The second-order valence-electron chi connectivity index (χ2n) is 3.20. The molecule has 1 aromatic carbocycles. The zero-order valence-corrected chi connectivity index (χ0v) is 8.35. The lowest BCUT2D eigenvalue weighted by Crippen LogP contribution is -2.12. The first-order chi connectivity index (χ1) is 6.02. The Balaban J connectivity index is 3.01. The number of aliphatic hydroxyl groups is 1. The van der Waals surface area contributed by atoms with Crippen LogP contribution >= 0.6 is 11.6 Å². The molecular formula is C10H12ClFO. The highest BCUT2D eigenvalue weighted by Gasteiger charge is 2.15. The van der Waals surface area contributed by atoms with Crippen molar-refractivity contribution in [2.24, 2.45) is 0 Å². The minimum atomic E-state index is -0.560. The van der Waals surface area contributed by atoms with Gasteiger partial charge in [0.1, 0.15) is 5.82 Å². The lowest BCUT2D eigenvalue weighted by atomic mass is 9.96. The van der Waals surface area contributed by atoms with Crippen molar-refractivity contribution in [1.82, 2.24) is 0 Å². The van der Waals surface area contributed by atoms with Gasteiger partial charge in [0.15, 0.2) is 0 Å². The van der Waals surface area contributed by atoms with E-state index in [1.54, 1.807) is 26.0 Å². The highest BCUT2D eigenvalue weighted by molar-refractivity contribution is 6.30. The van der Waals surface area contributed by atoms with Gasteiger partial charge in [-0.3, -0.25) is 0 Å². The first-order valence-corrected chi connectivity index (χ1v) is 4.53. The average Bonchev–Trinajstić information content (AvgIpc) is 2.03. The second kappa shape index (κ2) is 4.07. The molecule has 0 aliphatic heterocycles. The molecule has 72 valence electrons. The Labute approximate surface area is 82.2 Å². The van der Waals surface area contributed by atoms with Gasteiger partial charge >= 0.3 is 0 Å². The number of hydrogen-bond acceptors (Lipinski definition) is 1. The fourth-order valence-corrected chi connectivity index (χ4v) is 1.29. The number of hydrogen-bond donors (Lipinski definition) is 1. The molecule has 1 rings (SSSR count). The fraction of sp³-hybridized carbons (Fsp3) is 0.400. The van der Waals surface area contributed by atoms with Crippen LogP contribution in [0.15, 0.2) is 18.2 Å². The maximum Gasteiger partial charge on any atom is 0.128 e. The van der Waals surface area contributed by atoms with Gasteiger partial charge in [0, 0.05) is 10.9 Å². The molecule has 0 saturated carbocycles. The molecule has 0 aliphatic carbocycles. The van der Waals surface area contributed by atoms with Crippen LogP contribution in [-0.2, 0) is 0 Å². The summed E-state index contributed by atoms with van der Waals surface area (Å²) < 4.78 is 13.3. The summed E-state index contributed by atoms with van der Waals surface area (Å²) in [7, 11) is 0. The topological polar surface area (TPSA) is 20.2 Å². The summed E-state index contributed by atoms with van der Waals surface area (Å²) in [4.78, 5) is 0. The first-order valence-electron chi connectivity index (χ1n) is 4.15. The Hall–Kier alpha value is -0.600. The van der Waals surface area contributed by atoms with Gasteiger partial charge in [0.2, 0.25) is 0 Å². The van der Waals surface area contributed by atoms with Crippen molar-refractivity contribution >= 4 is 11.6 Å². The third kappa shape index (κ3) is 2.42. The third-order valence-electron chi connectivity index (χ3n) is 2.18. The predicted molar refractivity (Wildman–Crippen MR) is 51.5 cm³/mol. The highest BCUT2D eigenvalue weighted by atomic mass is 35.5. The number of aliphatic hydroxyl groups excluding tert-OH is 1. The number of halogens is 2. The summed E-state index contributed by atoms with van der Waals surface area (Å²) in [6.45, 7) is 3.41. The fourth-order valence-electron chi connectivity index (χ4n) is 1.13. The first kappa shape index (κ1) is 10.5. The van der Waals surface area contributed by atoms with Crippen molar-refractivity contribution < 1.29 is 9.50 Å². The van der Waals surface area contributed by atoms with Crippen molar-refractivity contribution in [3.05, 3.63) is 34.6 Å². The van der Waals surface area contributed by atoms with Gasteiger partial charge in [-0.2, -0.15) is 0 Å². The summed E-state index contributed by atoms with van der Waals surface area (Å²) in [6.07, 6.45) is -0.560. The molecule has 0 bridgehead atoms. The Morgan fingerprint density at radius 3 is 2.46 bits per heavy atom. The summed E-state index contributed by atoms with van der Waals surface area (Å²) >= 11 is 5.60. The molecule has 0 heterocycles. The molecule has 0 aliphatic rings. The highest BCUT2D eigenvalue weighted by Crippen LogP contribution is 2.24. The van der Waals surface area contributed by atoms with E-state index >= 15 is 0 Å². The van der Waals surface area contributed by atoms with Crippen molar-refractivity contribution in [1.29, 1.82) is 0 Å². The van der Waals surface area contributed by atoms with Crippen LogP contribution in [0.1, 0.15) is 25.3 Å². The summed E-state index contributed by atoms with van der Waals surface area (Å²) in [5.74, 6) is -0.571. The molecule has 1 nitrogen and oxygen atoms in total. The van der Waals surface area contributed by atoms with Gasteiger partial charge in [0.05, 0.1) is 6.10 Å². The molecule has 0 fully saturated rings. The largest absolute Gasteiger partial charge is 0.393 e. The maximum absolute atomic E-state index is 13.3. The van der Waals surface area contributed by atoms with Crippen molar-refractivity contribution in [2.75, 3.05) is 0 Å². The Morgan fingerprint density at radius 2 is 2.00 bits per heavy atom. The monoisotopic (exact) mass is 202 g/mol. The van der Waals surface area contributed by atoms with Crippen LogP contribution in [0.5, 0.6) is 0 Å². The quantitative estimate of drug-likeness (QED) is 0.782. The molecule has 0 saturated heterocycles. The van der Waals surface area contributed by atoms with Gasteiger partial charge in [-0.1, -0.05) is 24.6 Å². The average molecular weight is 203 g/mol. The van der Waals surface area contributed by atoms with Crippen LogP contribution in [-0.4, -0.2) is 11.2 Å². The van der Waals surface area contributed by atoms with E-state index in [1.807, 2.05) is 0 Å². The van der Waals surface area contributed by atoms with Crippen molar-refractivity contribution in [2.45, 2.75) is 25.9 Å². The standard InChI is InChI=1S/C10H12ClFO/c1-6(7(2)13)9-4-3-8(11)5-10(9)12/h3-7,13H,1-2H3. The van der Waals surface area contributed by atoms with E-state index in [-0.39, 0.29) is 11.7 Å². The predicted octanol–water partition coefficient (Wildman–Crippen LogP) is 2.96. The van der Waals surface area contributed by atoms with Crippen LogP contribution in [0, 0.1) is 5.82 Å². The normalized spacial score (nSPS) is 15.5. The van der Waals surface area contributed by atoms with Gasteiger partial charge in [0.25, 0.3) is 0 Å². The molecule has 0 radical (unpaired) electrons. The zero-order chi connectivity index (χ0) is 10.0. The van der Waals surface area contributed by atoms with Gasteiger partial charge in [-0.05, 0) is 24.6 Å². The summed E-state index contributed by atoms with van der Waals surface area (Å²) in [5.41, 5.74) is 0.499. The molecule has 0 spiro atoms. The smallest absolute Gasteiger partial charge is 0.128 e. The minimum Gasteiger partial charge on any atom is -0.393 e. The molecule has 1 aromatic rings. The third-order valence-corrected chi connectivity index (χ3v) is 2.41. The van der Waals surface area contributed by atoms with E-state index in [2.05, 4.69) is 0 Å². The van der Waals surface area contributed by atoms with Crippen LogP contribution in [0.2, 0.25) is 5.02 Å². The molecular weight excluding hydrogens is 191 g/mol. The molecule has 0 amide bonds. The summed E-state index contributed by atoms with van der Waals surface area (Å²) in [6, 6.07) is 4.49. The van der Waals surface area contributed by atoms with Crippen LogP contribution in [0.25, 0.3) is 0 Å². The van der Waals surface area contributed by atoms with E-state index in [0.717, 1.165) is 0 Å². The van der Waals surface area contributed by atoms with Gasteiger partial charge < -0.3 is 5.11 Å². The Bertz CT molecular complexity index is 299. The number of benzene rings is 1. The van der Waals surface area contributed by atoms with E-state index in [0.29, 0.717) is 10.6 Å². The van der Waals surface area contributed by atoms with E-state index in [9.17, 15) is 9.50 Å².